The number of ether oxygens (including phenoxy) is 1. The number of carbonyl (C=O) groups excluding carboxylic acids is 1. The molecule has 0 aliphatic heterocycles. The van der Waals surface area contributed by atoms with Crippen molar-refractivity contribution in [3.63, 3.8) is 0 Å². The lowest BCUT2D eigenvalue weighted by molar-refractivity contribution is -0.129. The van der Waals surface area contributed by atoms with Crippen LogP contribution in [0.4, 0.5) is 0 Å². The molecule has 3 aromatic carbocycles. The van der Waals surface area contributed by atoms with Crippen LogP contribution in [0.3, 0.4) is 0 Å². The van der Waals surface area contributed by atoms with E-state index in [4.69, 9.17) is 4.74 Å². The van der Waals surface area contributed by atoms with Crippen molar-refractivity contribution < 1.29 is 19.7 Å². The van der Waals surface area contributed by atoms with Gasteiger partial charge in [-0.25, -0.2) is 4.79 Å². The van der Waals surface area contributed by atoms with Crippen molar-refractivity contribution in [1.29, 1.82) is 0 Å². The largest absolute Gasteiger partial charge is 0.508 e. The topological polar surface area (TPSA) is 66.8 Å². The first-order valence-corrected chi connectivity index (χ1v) is 9.76. The predicted octanol–water partition coefficient (Wildman–Crippen LogP) is 5.60. The number of esters is 1. The first-order chi connectivity index (χ1) is 14.2. The van der Waals surface area contributed by atoms with Crippen LogP contribution in [-0.2, 0) is 4.79 Å². The molecule has 30 heavy (non-hydrogen) atoms. The SMILES string of the molecule is C=CC(=O)Oc1cc(C)c(C(c2cc(C)c(O)cc2C)c2ccccc2O)cc1C. The summed E-state index contributed by atoms with van der Waals surface area (Å²) in [7, 11) is 0. The molecule has 0 spiro atoms. The van der Waals surface area contributed by atoms with Gasteiger partial charge in [0.1, 0.15) is 17.2 Å². The zero-order valence-corrected chi connectivity index (χ0v) is 17.7. The van der Waals surface area contributed by atoms with Gasteiger partial charge in [0.05, 0.1) is 0 Å². The summed E-state index contributed by atoms with van der Waals surface area (Å²) in [5.74, 6) is 0.162. The number of aromatic hydroxyl groups is 2. The lowest BCUT2D eigenvalue weighted by Gasteiger charge is -2.25. The number of phenols is 2. The van der Waals surface area contributed by atoms with Gasteiger partial charge in [0.2, 0.25) is 0 Å². The normalized spacial score (nSPS) is 11.7. The highest BCUT2D eigenvalue weighted by atomic mass is 16.5. The summed E-state index contributed by atoms with van der Waals surface area (Å²) < 4.78 is 5.36. The third-order valence-corrected chi connectivity index (χ3v) is 5.40. The van der Waals surface area contributed by atoms with Gasteiger partial charge < -0.3 is 14.9 Å². The molecule has 0 aromatic heterocycles. The number of carbonyl (C=O) groups is 1. The van der Waals surface area contributed by atoms with E-state index in [9.17, 15) is 15.0 Å². The molecule has 0 bridgehead atoms. The summed E-state index contributed by atoms with van der Waals surface area (Å²) in [6.45, 7) is 11.1. The Labute approximate surface area is 177 Å². The van der Waals surface area contributed by atoms with E-state index in [0.717, 1.165) is 45.0 Å². The van der Waals surface area contributed by atoms with Crippen molar-refractivity contribution in [1.82, 2.24) is 0 Å². The van der Waals surface area contributed by atoms with Crippen LogP contribution < -0.4 is 4.74 Å². The minimum Gasteiger partial charge on any atom is -0.508 e. The van der Waals surface area contributed by atoms with Gasteiger partial charge >= 0.3 is 5.97 Å². The zero-order chi connectivity index (χ0) is 22.0. The first-order valence-electron chi connectivity index (χ1n) is 9.76. The maximum absolute atomic E-state index is 11.7. The molecule has 3 aromatic rings. The number of rotatable bonds is 5. The molecule has 0 fully saturated rings. The van der Waals surface area contributed by atoms with Gasteiger partial charge in [0.25, 0.3) is 0 Å². The number of para-hydroxylation sites is 1. The molecular weight excluding hydrogens is 376 g/mol. The fourth-order valence-electron chi connectivity index (χ4n) is 3.75. The van der Waals surface area contributed by atoms with E-state index in [0.29, 0.717) is 5.75 Å². The Morgan fingerprint density at radius 1 is 0.833 bits per heavy atom. The third kappa shape index (κ3) is 4.08. The van der Waals surface area contributed by atoms with Gasteiger partial charge in [-0.3, -0.25) is 0 Å². The molecule has 0 aliphatic carbocycles. The van der Waals surface area contributed by atoms with Crippen molar-refractivity contribution >= 4 is 5.97 Å². The van der Waals surface area contributed by atoms with Gasteiger partial charge in [0, 0.05) is 17.6 Å². The van der Waals surface area contributed by atoms with Crippen LogP contribution in [-0.4, -0.2) is 16.2 Å². The highest BCUT2D eigenvalue weighted by molar-refractivity contribution is 5.83. The van der Waals surface area contributed by atoms with Gasteiger partial charge in [0.15, 0.2) is 0 Å². The molecule has 0 amide bonds. The highest BCUT2D eigenvalue weighted by Gasteiger charge is 2.25. The maximum Gasteiger partial charge on any atom is 0.335 e. The van der Waals surface area contributed by atoms with Crippen LogP contribution in [0.1, 0.15) is 44.9 Å². The van der Waals surface area contributed by atoms with Crippen LogP contribution in [0.5, 0.6) is 17.2 Å². The van der Waals surface area contributed by atoms with Crippen LogP contribution in [0.15, 0.2) is 61.2 Å². The molecule has 1 unspecified atom stereocenters. The quantitative estimate of drug-likeness (QED) is 0.252. The van der Waals surface area contributed by atoms with E-state index in [-0.39, 0.29) is 17.4 Å². The third-order valence-electron chi connectivity index (χ3n) is 5.40. The second-order valence-corrected chi connectivity index (χ2v) is 7.59. The molecule has 4 heteroatoms. The fraction of sp³-hybridized carbons (Fsp3) is 0.192. The van der Waals surface area contributed by atoms with Crippen molar-refractivity contribution in [2.75, 3.05) is 0 Å². The Balaban J connectivity index is 2.26. The van der Waals surface area contributed by atoms with Gasteiger partial charge in [-0.2, -0.15) is 0 Å². The standard InChI is InChI=1S/C26H26O4/c1-6-25(29)30-24-14-16(3)21(12-18(24)5)26(19-9-7-8-10-22(19)27)20-11-17(4)23(28)13-15(20)2/h6-14,26-28H,1H2,2-5H3. The Bertz CT molecular complexity index is 1130. The highest BCUT2D eigenvalue weighted by Crippen LogP contribution is 2.42. The smallest absolute Gasteiger partial charge is 0.335 e. The molecule has 0 heterocycles. The van der Waals surface area contributed by atoms with Gasteiger partial charge in [-0.05, 0) is 79.3 Å². The van der Waals surface area contributed by atoms with E-state index < -0.39 is 5.97 Å². The van der Waals surface area contributed by atoms with E-state index in [1.807, 2.05) is 58.0 Å². The minimum absolute atomic E-state index is 0.201. The summed E-state index contributed by atoms with van der Waals surface area (Å²) in [5.41, 5.74) is 6.16. The molecule has 0 aliphatic rings. The Morgan fingerprint density at radius 2 is 1.43 bits per heavy atom. The minimum atomic E-state index is -0.507. The van der Waals surface area contributed by atoms with Crippen LogP contribution in [0.2, 0.25) is 0 Å². The lowest BCUT2D eigenvalue weighted by Crippen LogP contribution is -2.10. The van der Waals surface area contributed by atoms with Gasteiger partial charge in [-0.1, -0.05) is 36.9 Å². The van der Waals surface area contributed by atoms with E-state index in [1.54, 1.807) is 18.2 Å². The molecule has 154 valence electrons. The van der Waals surface area contributed by atoms with E-state index in [1.165, 1.54) is 0 Å². The predicted molar refractivity (Wildman–Crippen MR) is 118 cm³/mol. The summed E-state index contributed by atoms with van der Waals surface area (Å²) in [5, 5.41) is 20.8. The van der Waals surface area contributed by atoms with Crippen molar-refractivity contribution in [3.05, 3.63) is 100 Å². The number of phenolic OH excluding ortho intramolecular Hbond substituents is 2. The average molecular weight is 402 g/mol. The van der Waals surface area contributed by atoms with Crippen molar-refractivity contribution in [2.24, 2.45) is 0 Å². The van der Waals surface area contributed by atoms with E-state index in [2.05, 4.69) is 6.58 Å². The molecule has 1 atom stereocenters. The Morgan fingerprint density at radius 3 is 2.07 bits per heavy atom. The summed E-state index contributed by atoms with van der Waals surface area (Å²) >= 11 is 0. The summed E-state index contributed by atoms with van der Waals surface area (Å²) in [6, 6.07) is 14.8. The molecule has 2 N–H and O–H groups in total. The van der Waals surface area contributed by atoms with Crippen LogP contribution >= 0.6 is 0 Å². The van der Waals surface area contributed by atoms with Crippen LogP contribution in [0.25, 0.3) is 0 Å². The molecule has 4 nitrogen and oxygen atoms in total. The number of benzene rings is 3. The maximum atomic E-state index is 11.7. The molecule has 0 saturated heterocycles. The first kappa shape index (κ1) is 21.2. The molecular formula is C26H26O4. The second kappa shape index (κ2) is 8.46. The van der Waals surface area contributed by atoms with Gasteiger partial charge in [-0.15, -0.1) is 0 Å². The number of aryl methyl sites for hydroxylation is 4. The van der Waals surface area contributed by atoms with E-state index >= 15 is 0 Å². The Kier molecular flexibility index (Phi) is 5.97. The fourth-order valence-corrected chi connectivity index (χ4v) is 3.75. The number of hydrogen-bond acceptors (Lipinski definition) is 4. The zero-order valence-electron chi connectivity index (χ0n) is 17.7. The second-order valence-electron chi connectivity index (χ2n) is 7.59. The van der Waals surface area contributed by atoms with Crippen LogP contribution in [0, 0.1) is 27.7 Å². The van der Waals surface area contributed by atoms with Crippen molar-refractivity contribution in [3.8, 4) is 17.2 Å². The molecule has 0 radical (unpaired) electrons. The average Bonchev–Trinajstić information content (AvgIpc) is 2.70. The summed E-state index contributed by atoms with van der Waals surface area (Å²) in [4.78, 5) is 11.7. The lowest BCUT2D eigenvalue weighted by atomic mass is 9.79. The monoisotopic (exact) mass is 402 g/mol. The number of hydrogen-bond donors (Lipinski definition) is 2. The molecule has 0 saturated carbocycles. The summed E-state index contributed by atoms with van der Waals surface area (Å²) in [6.07, 6.45) is 1.13. The van der Waals surface area contributed by atoms with Crippen molar-refractivity contribution in [2.45, 2.75) is 33.6 Å². The molecule has 3 rings (SSSR count). The Hall–Kier alpha value is -3.53.